The summed E-state index contributed by atoms with van der Waals surface area (Å²) in [6.07, 6.45) is 1.88. The largest absolute Gasteiger partial charge is 0.234 e. The van der Waals surface area contributed by atoms with E-state index in [9.17, 15) is 21.6 Å². The quantitative estimate of drug-likeness (QED) is 0.263. The van der Waals surface area contributed by atoms with Crippen molar-refractivity contribution in [1.82, 2.24) is 14.5 Å². The van der Waals surface area contributed by atoms with E-state index >= 15 is 0 Å². The maximum absolute atomic E-state index is 14.9. The molecule has 1 N–H and O–H groups in total. The molecule has 0 aliphatic carbocycles. The molecule has 0 amide bonds. The third-order valence-corrected chi connectivity index (χ3v) is 8.87. The van der Waals surface area contributed by atoms with Gasteiger partial charge in [-0.2, -0.15) is 16.9 Å². The Labute approximate surface area is 229 Å². The van der Waals surface area contributed by atoms with E-state index in [-0.39, 0.29) is 17.4 Å². The first-order valence-electron chi connectivity index (χ1n) is 12.3. The number of thioether (sulfide) groups is 1. The molecule has 0 fully saturated rings. The second-order valence-electron chi connectivity index (χ2n) is 9.40. The van der Waals surface area contributed by atoms with Gasteiger partial charge in [0.05, 0.1) is 11.4 Å². The Morgan fingerprint density at radius 3 is 2.56 bits per heavy atom. The zero-order valence-electron chi connectivity index (χ0n) is 21.0. The molecule has 1 aliphatic heterocycles. The Balaban J connectivity index is 1.52. The minimum absolute atomic E-state index is 0.0575. The first-order chi connectivity index (χ1) is 18.7. The molecule has 2 atom stereocenters. The fourth-order valence-electron chi connectivity index (χ4n) is 4.75. The molecule has 0 saturated carbocycles. The van der Waals surface area contributed by atoms with Gasteiger partial charge < -0.3 is 0 Å². The Kier molecular flexibility index (Phi) is 7.97. The number of hydrogen-bond donors (Lipinski definition) is 1. The average Bonchev–Trinajstić information content (AvgIpc) is 3.27. The SMILES string of the molecule is C[C@H](NS(=O)(=O)/C=C/c1nn(-c2ccc(F)cc2F)c2c1CSCC2Cc1cccc(F)c1)c1ccccc1. The average molecular weight is 570 g/mol. The van der Waals surface area contributed by atoms with Crippen molar-refractivity contribution in [2.45, 2.75) is 31.1 Å². The maximum Gasteiger partial charge on any atom is 0.234 e. The summed E-state index contributed by atoms with van der Waals surface area (Å²) in [4.78, 5) is 0. The van der Waals surface area contributed by atoms with Gasteiger partial charge in [0.2, 0.25) is 10.0 Å². The summed E-state index contributed by atoms with van der Waals surface area (Å²) in [7, 11) is -3.84. The Morgan fingerprint density at radius 1 is 1.05 bits per heavy atom. The lowest BCUT2D eigenvalue weighted by molar-refractivity contribution is 0.566. The van der Waals surface area contributed by atoms with Crippen molar-refractivity contribution in [3.05, 3.63) is 124 Å². The van der Waals surface area contributed by atoms with E-state index in [1.54, 1.807) is 24.8 Å². The smallest absolute Gasteiger partial charge is 0.234 e. The summed E-state index contributed by atoms with van der Waals surface area (Å²) in [5.74, 6) is -0.799. The number of nitrogens with one attached hydrogen (secondary N) is 1. The maximum atomic E-state index is 14.9. The molecule has 0 saturated heterocycles. The third kappa shape index (κ3) is 6.29. The van der Waals surface area contributed by atoms with Crippen LogP contribution in [0.4, 0.5) is 13.2 Å². The zero-order chi connectivity index (χ0) is 27.6. The highest BCUT2D eigenvalue weighted by atomic mass is 32.2. The number of sulfonamides is 1. The number of benzene rings is 3. The minimum Gasteiger partial charge on any atom is -0.234 e. The van der Waals surface area contributed by atoms with Gasteiger partial charge in [0.15, 0.2) is 5.82 Å². The minimum atomic E-state index is -3.84. The summed E-state index contributed by atoms with van der Waals surface area (Å²) in [6.45, 7) is 1.75. The molecule has 2 heterocycles. The molecule has 4 aromatic rings. The Bertz CT molecular complexity index is 1620. The van der Waals surface area contributed by atoms with Crippen LogP contribution in [0.15, 0.2) is 78.2 Å². The summed E-state index contributed by atoms with van der Waals surface area (Å²) in [5, 5.41) is 5.65. The lowest BCUT2D eigenvalue weighted by Crippen LogP contribution is -2.24. The van der Waals surface area contributed by atoms with E-state index in [1.807, 2.05) is 36.4 Å². The zero-order valence-corrected chi connectivity index (χ0v) is 22.7. The highest BCUT2D eigenvalue weighted by Crippen LogP contribution is 2.39. The summed E-state index contributed by atoms with van der Waals surface area (Å²) >= 11 is 1.64. The van der Waals surface area contributed by atoms with Gasteiger partial charge in [0.25, 0.3) is 0 Å². The standard InChI is InChI=1S/C29H26F3N3O2S2/c1-19(21-7-3-2-4-8-21)34-39(36,37)13-12-27-25-18-38-17-22(14-20-6-5-9-23(30)15-20)29(25)35(33-27)28-11-10-24(31)16-26(28)32/h2-13,15-16,19,22,34H,14,17-18H2,1H3/b13-12+/t19-,22?/m0/s1. The Morgan fingerprint density at radius 2 is 1.82 bits per heavy atom. The molecule has 0 bridgehead atoms. The Hall–Kier alpha value is -3.34. The number of aromatic nitrogens is 2. The first kappa shape index (κ1) is 27.2. The lowest BCUT2D eigenvalue weighted by atomic mass is 9.94. The van der Waals surface area contributed by atoms with Crippen molar-refractivity contribution in [2.24, 2.45) is 0 Å². The topological polar surface area (TPSA) is 64.0 Å². The van der Waals surface area contributed by atoms with Gasteiger partial charge in [0, 0.05) is 40.5 Å². The number of rotatable bonds is 8. The molecule has 3 aromatic carbocycles. The van der Waals surface area contributed by atoms with Gasteiger partial charge in [-0.05, 0) is 54.8 Å². The van der Waals surface area contributed by atoms with Crippen molar-refractivity contribution in [3.8, 4) is 5.69 Å². The van der Waals surface area contributed by atoms with Crippen LogP contribution in [-0.4, -0.2) is 24.0 Å². The van der Waals surface area contributed by atoms with Crippen molar-refractivity contribution in [2.75, 3.05) is 5.75 Å². The summed E-state index contributed by atoms with van der Waals surface area (Å²) in [5.41, 5.74) is 3.49. The van der Waals surface area contributed by atoms with Gasteiger partial charge >= 0.3 is 0 Å². The number of hydrogen-bond acceptors (Lipinski definition) is 4. The van der Waals surface area contributed by atoms with E-state index in [1.165, 1.54) is 29.0 Å². The predicted molar refractivity (Wildman–Crippen MR) is 148 cm³/mol. The van der Waals surface area contributed by atoms with Crippen molar-refractivity contribution >= 4 is 27.9 Å². The van der Waals surface area contributed by atoms with Crippen LogP contribution >= 0.6 is 11.8 Å². The van der Waals surface area contributed by atoms with Crippen molar-refractivity contribution in [1.29, 1.82) is 0 Å². The van der Waals surface area contributed by atoms with Gasteiger partial charge in [-0.15, -0.1) is 0 Å². The van der Waals surface area contributed by atoms with E-state index in [2.05, 4.69) is 9.82 Å². The van der Waals surface area contributed by atoms with Crippen molar-refractivity contribution in [3.63, 3.8) is 0 Å². The number of nitrogens with zero attached hydrogens (tertiary/aromatic N) is 2. The van der Waals surface area contributed by atoms with Crippen LogP contribution in [0.25, 0.3) is 11.8 Å². The fraction of sp³-hybridized carbons (Fsp3) is 0.207. The van der Waals surface area contributed by atoms with E-state index < -0.39 is 27.7 Å². The molecular weight excluding hydrogens is 543 g/mol. The second-order valence-corrected chi connectivity index (χ2v) is 12.0. The van der Waals surface area contributed by atoms with E-state index in [0.29, 0.717) is 29.3 Å². The molecular formula is C29H26F3N3O2S2. The molecule has 0 radical (unpaired) electrons. The third-order valence-electron chi connectivity index (χ3n) is 6.56. The van der Waals surface area contributed by atoms with Gasteiger partial charge in [-0.25, -0.2) is 31.0 Å². The van der Waals surface area contributed by atoms with Gasteiger partial charge in [-0.3, -0.25) is 0 Å². The summed E-state index contributed by atoms with van der Waals surface area (Å²) < 4.78 is 72.3. The molecule has 1 aromatic heterocycles. The molecule has 0 spiro atoms. The molecule has 1 unspecified atom stereocenters. The highest BCUT2D eigenvalue weighted by molar-refractivity contribution is 7.98. The molecule has 5 rings (SSSR count). The van der Waals surface area contributed by atoms with Gasteiger partial charge in [0.1, 0.15) is 17.3 Å². The molecule has 202 valence electrons. The lowest BCUT2D eigenvalue weighted by Gasteiger charge is -2.24. The normalized spacial score (nSPS) is 16.4. The first-order valence-corrected chi connectivity index (χ1v) is 15.0. The second kappa shape index (κ2) is 11.4. The number of halogens is 3. The van der Waals surface area contributed by atoms with Crippen LogP contribution in [0.1, 0.15) is 47.0 Å². The fourth-order valence-corrected chi connectivity index (χ4v) is 6.95. The van der Waals surface area contributed by atoms with Crippen LogP contribution in [0, 0.1) is 17.5 Å². The molecule has 39 heavy (non-hydrogen) atoms. The monoisotopic (exact) mass is 569 g/mol. The van der Waals surface area contributed by atoms with Crippen LogP contribution < -0.4 is 4.72 Å². The molecule has 10 heteroatoms. The van der Waals surface area contributed by atoms with Crippen LogP contribution in [0.5, 0.6) is 0 Å². The van der Waals surface area contributed by atoms with Crippen LogP contribution in [-0.2, 0) is 22.2 Å². The summed E-state index contributed by atoms with van der Waals surface area (Å²) in [6, 6.07) is 18.3. The van der Waals surface area contributed by atoms with Gasteiger partial charge in [-0.1, -0.05) is 42.5 Å². The molecule has 5 nitrogen and oxygen atoms in total. The predicted octanol–water partition coefficient (Wildman–Crippen LogP) is 6.51. The van der Waals surface area contributed by atoms with Crippen LogP contribution in [0.3, 0.4) is 0 Å². The highest BCUT2D eigenvalue weighted by Gasteiger charge is 2.30. The molecule has 1 aliphatic rings. The van der Waals surface area contributed by atoms with Crippen molar-refractivity contribution < 1.29 is 21.6 Å². The van der Waals surface area contributed by atoms with E-state index in [0.717, 1.165) is 34.2 Å². The van der Waals surface area contributed by atoms with Crippen LogP contribution in [0.2, 0.25) is 0 Å². The van der Waals surface area contributed by atoms with E-state index in [4.69, 9.17) is 0 Å². The number of fused-ring (bicyclic) bond motifs is 1.